The van der Waals surface area contributed by atoms with Gasteiger partial charge in [0.25, 0.3) is 0 Å². The second kappa shape index (κ2) is 17.4. The molecule has 0 heterocycles. The Hall–Kier alpha value is -4.13. The topological polar surface area (TPSA) is 20.2 Å². The summed E-state index contributed by atoms with van der Waals surface area (Å²) in [6.45, 7) is 21.5. The van der Waals surface area contributed by atoms with Gasteiger partial charge in [0, 0.05) is 0 Å². The van der Waals surface area contributed by atoms with Crippen LogP contribution in [-0.4, -0.2) is 8.31 Å². The molecule has 260 valence electrons. The second-order valence-corrected chi connectivity index (χ2v) is 18.1. The van der Waals surface area contributed by atoms with E-state index >= 15 is 0 Å². The molecule has 7 rings (SSSR count). The molecule has 0 amide bonds. The Morgan fingerprint density at radius 3 is 1.31 bits per heavy atom. The zero-order valence-electron chi connectivity index (χ0n) is 32.2. The molecule has 2 heteroatoms. The van der Waals surface area contributed by atoms with E-state index in [1.807, 2.05) is 6.07 Å². The summed E-state index contributed by atoms with van der Waals surface area (Å²) in [4.78, 5) is 0. The van der Waals surface area contributed by atoms with Gasteiger partial charge in [-0.3, -0.25) is 0 Å². The van der Waals surface area contributed by atoms with E-state index < -0.39 is 0 Å². The molecule has 0 aliphatic rings. The molecule has 7 aromatic rings. The third-order valence-electron chi connectivity index (χ3n) is 8.63. The van der Waals surface area contributed by atoms with Gasteiger partial charge >= 0.3 is 41.3 Å². The van der Waals surface area contributed by atoms with Crippen molar-refractivity contribution in [2.75, 3.05) is 0 Å². The summed E-state index contributed by atoms with van der Waals surface area (Å²) in [5, 5.41) is 15.2. The van der Waals surface area contributed by atoms with Gasteiger partial charge in [0.2, 0.25) is 0 Å². The van der Waals surface area contributed by atoms with Crippen molar-refractivity contribution in [3.63, 3.8) is 0 Å². The maximum absolute atomic E-state index is 9.84. The molecule has 0 bridgehead atoms. The van der Waals surface area contributed by atoms with E-state index in [0.717, 1.165) is 5.56 Å². The largest absolute Gasteiger partial charge is 0.165 e. The van der Waals surface area contributed by atoms with Gasteiger partial charge in [-0.15, -0.1) is 69.1 Å². The summed E-state index contributed by atoms with van der Waals surface area (Å²) in [6.07, 6.45) is 0. The van der Waals surface area contributed by atoms with Crippen molar-refractivity contribution in [2.45, 2.75) is 80.1 Å². The first-order valence-corrected chi connectivity index (χ1v) is 19.1. The molecule has 0 spiro atoms. The summed E-state index contributed by atoms with van der Waals surface area (Å²) in [6, 6.07) is 49.0. The van der Waals surface area contributed by atoms with Crippen LogP contribution in [0.2, 0.25) is 0 Å². The Bertz CT molecular complexity index is 2040. The number of aromatic hydroxyl groups is 1. The minimum Gasteiger partial charge on any atom is -0.165 e. The minimum absolute atomic E-state index is 0.00859. The first kappa shape index (κ1) is 39.7. The van der Waals surface area contributed by atoms with Gasteiger partial charge in [-0.05, 0) is 39.2 Å². The van der Waals surface area contributed by atoms with Crippen molar-refractivity contribution in [2.24, 2.45) is 0 Å². The monoisotopic (exact) mass is 748 g/mol. The Morgan fingerprint density at radius 2 is 0.941 bits per heavy atom. The fraction of sp³-hybridized carbons (Fsp3) is 0.245. The average molecular weight is 750 g/mol. The minimum atomic E-state index is -0.00859. The maximum atomic E-state index is 9.84. The SMILES string of the molecule is CC(C)(C)c1ccc(O)c(C(C)(C)C)c1.C[C](C)=[Zr+2].Cc1cc2c(-c3ccccc3)cccc2[cH-]1.Cc1cc2c(-c3ccccc3)cccc2[cH-]1. The van der Waals surface area contributed by atoms with Crippen molar-refractivity contribution in [1.29, 1.82) is 0 Å². The molecule has 0 aromatic heterocycles. The smallest absolute Gasteiger partial charge is 0.0279 e. The van der Waals surface area contributed by atoms with E-state index in [9.17, 15) is 5.11 Å². The van der Waals surface area contributed by atoms with Gasteiger partial charge in [0.05, 0.1) is 0 Å². The Balaban J connectivity index is 0.000000163. The number of phenols is 1. The number of hydrogen-bond acceptors (Lipinski definition) is 1. The molecule has 51 heavy (non-hydrogen) atoms. The predicted octanol–water partition coefficient (Wildman–Crippen LogP) is 13.8. The normalized spacial score (nSPS) is 11.1. The first-order valence-electron chi connectivity index (χ1n) is 17.8. The molecule has 1 nitrogen and oxygen atoms in total. The molecule has 7 aromatic carbocycles. The zero-order chi connectivity index (χ0) is 37.3. The van der Waals surface area contributed by atoms with E-state index in [2.05, 4.69) is 197 Å². The van der Waals surface area contributed by atoms with Crippen LogP contribution in [0.4, 0.5) is 0 Å². The zero-order valence-corrected chi connectivity index (χ0v) is 34.7. The second-order valence-electron chi connectivity index (χ2n) is 15.6. The van der Waals surface area contributed by atoms with E-state index in [-0.39, 0.29) is 10.8 Å². The van der Waals surface area contributed by atoms with Crippen LogP contribution in [0, 0.1) is 13.8 Å². The number of hydrogen-bond donors (Lipinski definition) is 1. The van der Waals surface area contributed by atoms with Gasteiger partial charge in [0.1, 0.15) is 5.75 Å². The Kier molecular flexibility index (Phi) is 13.5. The van der Waals surface area contributed by atoms with E-state index in [1.165, 1.54) is 63.7 Å². The molecule has 0 fully saturated rings. The molecular formula is C49H54OZr. The fourth-order valence-corrected chi connectivity index (χ4v) is 6.11. The van der Waals surface area contributed by atoms with Crippen LogP contribution < -0.4 is 0 Å². The van der Waals surface area contributed by atoms with Gasteiger partial charge in [-0.1, -0.05) is 151 Å². The van der Waals surface area contributed by atoms with Crippen molar-refractivity contribution in [3.05, 3.63) is 162 Å². The van der Waals surface area contributed by atoms with E-state index in [1.54, 1.807) is 30.3 Å². The van der Waals surface area contributed by atoms with Crippen molar-refractivity contribution in [3.8, 4) is 28.0 Å². The van der Waals surface area contributed by atoms with Crippen LogP contribution in [-0.2, 0) is 35.1 Å². The third kappa shape index (κ3) is 11.2. The van der Waals surface area contributed by atoms with Crippen molar-refractivity contribution < 1.29 is 29.3 Å². The Morgan fingerprint density at radius 1 is 0.529 bits per heavy atom. The summed E-state index contributed by atoms with van der Waals surface area (Å²) in [5.74, 6) is 0.399. The molecule has 0 aliphatic heterocycles. The quantitative estimate of drug-likeness (QED) is 0.175. The van der Waals surface area contributed by atoms with Gasteiger partial charge < -0.3 is 5.11 Å². The number of aryl methyl sites for hydroxylation is 2. The van der Waals surface area contributed by atoms with Crippen molar-refractivity contribution >= 4 is 24.8 Å². The Labute approximate surface area is 322 Å². The molecule has 0 radical (unpaired) electrons. The van der Waals surface area contributed by atoms with Gasteiger partial charge in [-0.2, -0.15) is 12.1 Å². The van der Waals surface area contributed by atoms with Crippen LogP contribution in [0.3, 0.4) is 0 Å². The van der Waals surface area contributed by atoms with Crippen LogP contribution in [0.25, 0.3) is 43.8 Å². The molecule has 1 N–H and O–H groups in total. The molecule has 0 saturated carbocycles. The van der Waals surface area contributed by atoms with Crippen LogP contribution >= 0.6 is 0 Å². The molecule has 0 unspecified atom stereocenters. The van der Waals surface area contributed by atoms with E-state index in [4.69, 9.17) is 0 Å². The van der Waals surface area contributed by atoms with E-state index in [0.29, 0.717) is 5.75 Å². The summed E-state index contributed by atoms with van der Waals surface area (Å²) in [5.41, 5.74) is 10.3. The maximum Gasteiger partial charge on any atom is -0.0279 e. The predicted molar refractivity (Wildman–Crippen MR) is 221 cm³/mol. The van der Waals surface area contributed by atoms with Gasteiger partial charge in [-0.25, -0.2) is 0 Å². The van der Waals surface area contributed by atoms with Crippen LogP contribution in [0.5, 0.6) is 5.75 Å². The fourth-order valence-electron chi connectivity index (χ4n) is 6.11. The number of phenolic OH excluding ortho intramolecular Hbond substituents is 1. The third-order valence-corrected chi connectivity index (χ3v) is 8.63. The number of rotatable bonds is 2. The summed E-state index contributed by atoms with van der Waals surface area (Å²) < 4.78 is 1.51. The molecule has 0 aliphatic carbocycles. The number of fused-ring (bicyclic) bond motifs is 2. The van der Waals surface area contributed by atoms with Crippen LogP contribution in [0.1, 0.15) is 77.6 Å². The van der Waals surface area contributed by atoms with Gasteiger partial charge in [0.15, 0.2) is 0 Å². The van der Waals surface area contributed by atoms with Crippen LogP contribution in [0.15, 0.2) is 140 Å². The molecule has 0 atom stereocenters. The average Bonchev–Trinajstić information content (AvgIpc) is 3.65. The summed E-state index contributed by atoms with van der Waals surface area (Å²) >= 11 is 1.55. The standard InChI is InChI=1S/2C16H13.C14H22O.C3H6.Zr/c2*1-12-10-14-8-5-9-15(16(14)11-12)13-6-3-2-4-7-13;1-13(2,3)10-7-8-12(15)11(9-10)14(4,5)6;1-3-2;/h2*2-11H,1H3;7-9,15H,1-6H3;1-2H3;/q2*-1;;;+2. The summed E-state index contributed by atoms with van der Waals surface area (Å²) in [7, 11) is 0. The van der Waals surface area contributed by atoms with Crippen molar-refractivity contribution in [1.82, 2.24) is 0 Å². The molecular weight excluding hydrogens is 696 g/mol. The molecule has 0 saturated heterocycles. The first-order chi connectivity index (χ1) is 24.0. The number of benzene rings is 5.